The lowest BCUT2D eigenvalue weighted by Crippen LogP contribution is -2.13. The second-order valence-electron chi connectivity index (χ2n) is 6.07. The summed E-state index contributed by atoms with van der Waals surface area (Å²) < 4.78 is 5.41. The molecule has 0 heterocycles. The number of rotatable bonds is 3. The summed E-state index contributed by atoms with van der Waals surface area (Å²) in [6.07, 6.45) is 1.50. The maximum atomic E-state index is 10.8. The van der Waals surface area contributed by atoms with E-state index in [4.69, 9.17) is 4.74 Å². The summed E-state index contributed by atoms with van der Waals surface area (Å²) in [5, 5.41) is 10.8. The van der Waals surface area contributed by atoms with Gasteiger partial charge in [-0.15, -0.1) is 0 Å². The van der Waals surface area contributed by atoms with Crippen LogP contribution in [0.2, 0.25) is 0 Å². The van der Waals surface area contributed by atoms with E-state index in [-0.39, 0.29) is 5.92 Å². The lowest BCUT2D eigenvalue weighted by atomic mass is 9.91. The molecule has 110 valence electrons. The average molecular weight is 282 g/mol. The van der Waals surface area contributed by atoms with E-state index in [0.29, 0.717) is 0 Å². The molecule has 1 unspecified atom stereocenters. The van der Waals surface area contributed by atoms with E-state index in [2.05, 4.69) is 36.4 Å². The van der Waals surface area contributed by atoms with E-state index in [0.717, 1.165) is 35.3 Å². The van der Waals surface area contributed by atoms with Gasteiger partial charge in [0.15, 0.2) is 0 Å². The molecule has 0 radical (unpaired) electrons. The molecule has 0 aliphatic heterocycles. The van der Waals surface area contributed by atoms with Crippen molar-refractivity contribution in [1.82, 2.24) is 0 Å². The SMILES string of the molecule is COc1c(C)cc(C(O)C2Cc3ccccc3C2)cc1C. The van der Waals surface area contributed by atoms with Gasteiger partial charge in [-0.05, 0) is 72.6 Å². The lowest BCUT2D eigenvalue weighted by molar-refractivity contribution is 0.113. The second kappa shape index (κ2) is 5.53. The predicted molar refractivity (Wildman–Crippen MR) is 84.8 cm³/mol. The van der Waals surface area contributed by atoms with Crippen LogP contribution in [0.5, 0.6) is 5.75 Å². The molecule has 0 aromatic heterocycles. The maximum Gasteiger partial charge on any atom is 0.124 e. The molecule has 0 saturated carbocycles. The van der Waals surface area contributed by atoms with Crippen molar-refractivity contribution in [2.24, 2.45) is 5.92 Å². The van der Waals surface area contributed by atoms with E-state index in [1.54, 1.807) is 7.11 Å². The van der Waals surface area contributed by atoms with Crippen LogP contribution in [-0.2, 0) is 12.8 Å². The molecular formula is C19H22O2. The van der Waals surface area contributed by atoms with Gasteiger partial charge in [-0.3, -0.25) is 0 Å². The Kier molecular flexibility index (Phi) is 3.73. The summed E-state index contributed by atoms with van der Waals surface area (Å²) in [6, 6.07) is 12.6. The van der Waals surface area contributed by atoms with Gasteiger partial charge in [0.1, 0.15) is 5.75 Å². The number of aliphatic hydroxyl groups is 1. The van der Waals surface area contributed by atoms with Crippen LogP contribution in [0, 0.1) is 19.8 Å². The molecule has 3 rings (SSSR count). The monoisotopic (exact) mass is 282 g/mol. The summed E-state index contributed by atoms with van der Waals surface area (Å²) in [4.78, 5) is 0. The van der Waals surface area contributed by atoms with Crippen LogP contribution in [0.1, 0.15) is 33.9 Å². The molecule has 0 saturated heterocycles. The first-order valence-electron chi connectivity index (χ1n) is 7.50. The third-order valence-corrected chi connectivity index (χ3v) is 4.56. The minimum absolute atomic E-state index is 0.273. The number of aryl methyl sites for hydroxylation is 2. The van der Waals surface area contributed by atoms with E-state index in [1.807, 2.05) is 13.8 Å². The predicted octanol–water partition coefficient (Wildman–Crippen LogP) is 3.76. The zero-order valence-electron chi connectivity index (χ0n) is 12.9. The normalized spacial score (nSPS) is 15.8. The van der Waals surface area contributed by atoms with Crippen molar-refractivity contribution in [1.29, 1.82) is 0 Å². The Bertz CT molecular complexity index is 612. The van der Waals surface area contributed by atoms with Crippen molar-refractivity contribution in [3.05, 3.63) is 64.2 Å². The molecule has 2 nitrogen and oxygen atoms in total. The van der Waals surface area contributed by atoms with Crippen LogP contribution in [0.25, 0.3) is 0 Å². The van der Waals surface area contributed by atoms with Crippen LogP contribution in [0.4, 0.5) is 0 Å². The Morgan fingerprint density at radius 1 is 1.05 bits per heavy atom. The molecular weight excluding hydrogens is 260 g/mol. The molecule has 1 aliphatic carbocycles. The van der Waals surface area contributed by atoms with Gasteiger partial charge >= 0.3 is 0 Å². The highest BCUT2D eigenvalue weighted by molar-refractivity contribution is 5.44. The van der Waals surface area contributed by atoms with E-state index < -0.39 is 6.10 Å². The van der Waals surface area contributed by atoms with Crippen molar-refractivity contribution in [2.45, 2.75) is 32.8 Å². The van der Waals surface area contributed by atoms with Gasteiger partial charge in [0.2, 0.25) is 0 Å². The number of ether oxygens (including phenoxy) is 1. The van der Waals surface area contributed by atoms with Crippen LogP contribution in [0.15, 0.2) is 36.4 Å². The highest BCUT2D eigenvalue weighted by atomic mass is 16.5. The van der Waals surface area contributed by atoms with Crippen molar-refractivity contribution >= 4 is 0 Å². The first kappa shape index (κ1) is 14.2. The molecule has 0 fully saturated rings. The number of hydrogen-bond donors (Lipinski definition) is 1. The largest absolute Gasteiger partial charge is 0.496 e. The van der Waals surface area contributed by atoms with E-state index in [9.17, 15) is 5.11 Å². The van der Waals surface area contributed by atoms with Crippen molar-refractivity contribution in [3.8, 4) is 5.75 Å². The minimum atomic E-state index is -0.416. The smallest absolute Gasteiger partial charge is 0.124 e. The van der Waals surface area contributed by atoms with Gasteiger partial charge in [-0.25, -0.2) is 0 Å². The Balaban J connectivity index is 1.86. The summed E-state index contributed by atoms with van der Waals surface area (Å²) in [7, 11) is 1.69. The fourth-order valence-electron chi connectivity index (χ4n) is 3.56. The Morgan fingerprint density at radius 2 is 1.57 bits per heavy atom. The molecule has 1 N–H and O–H groups in total. The topological polar surface area (TPSA) is 29.5 Å². The average Bonchev–Trinajstić information content (AvgIpc) is 2.90. The number of fused-ring (bicyclic) bond motifs is 1. The second-order valence-corrected chi connectivity index (χ2v) is 6.07. The van der Waals surface area contributed by atoms with Crippen LogP contribution in [0.3, 0.4) is 0 Å². The Labute approximate surface area is 126 Å². The zero-order valence-corrected chi connectivity index (χ0v) is 12.9. The fraction of sp³-hybridized carbons (Fsp3) is 0.368. The molecule has 1 atom stereocenters. The number of methoxy groups -OCH3 is 1. The maximum absolute atomic E-state index is 10.8. The highest BCUT2D eigenvalue weighted by Crippen LogP contribution is 2.37. The summed E-state index contributed by atoms with van der Waals surface area (Å²) in [5.41, 5.74) is 5.93. The number of aliphatic hydroxyl groups excluding tert-OH is 1. The number of hydrogen-bond acceptors (Lipinski definition) is 2. The number of benzene rings is 2. The summed E-state index contributed by atoms with van der Waals surface area (Å²) >= 11 is 0. The third-order valence-electron chi connectivity index (χ3n) is 4.56. The highest BCUT2D eigenvalue weighted by Gasteiger charge is 2.28. The van der Waals surface area contributed by atoms with Crippen LogP contribution >= 0.6 is 0 Å². The molecule has 2 aromatic rings. The van der Waals surface area contributed by atoms with Crippen molar-refractivity contribution < 1.29 is 9.84 Å². The molecule has 0 spiro atoms. The van der Waals surface area contributed by atoms with Crippen molar-refractivity contribution in [3.63, 3.8) is 0 Å². The molecule has 0 bridgehead atoms. The molecule has 1 aliphatic rings. The molecule has 2 heteroatoms. The van der Waals surface area contributed by atoms with Crippen molar-refractivity contribution in [2.75, 3.05) is 7.11 Å². The molecule has 2 aromatic carbocycles. The minimum Gasteiger partial charge on any atom is -0.496 e. The summed E-state index contributed by atoms with van der Waals surface area (Å²) in [5.74, 6) is 1.19. The van der Waals surface area contributed by atoms with Crippen LogP contribution in [-0.4, -0.2) is 12.2 Å². The lowest BCUT2D eigenvalue weighted by Gasteiger charge is -2.20. The third kappa shape index (κ3) is 2.56. The van der Waals surface area contributed by atoms with Gasteiger partial charge in [0.05, 0.1) is 13.2 Å². The van der Waals surface area contributed by atoms with Gasteiger partial charge in [-0.2, -0.15) is 0 Å². The zero-order chi connectivity index (χ0) is 15.0. The summed E-state index contributed by atoms with van der Waals surface area (Å²) in [6.45, 7) is 4.07. The van der Waals surface area contributed by atoms with Gasteiger partial charge in [-0.1, -0.05) is 24.3 Å². The van der Waals surface area contributed by atoms with E-state index >= 15 is 0 Å². The fourth-order valence-corrected chi connectivity index (χ4v) is 3.56. The Morgan fingerprint density at radius 3 is 2.05 bits per heavy atom. The molecule has 0 amide bonds. The van der Waals surface area contributed by atoms with Gasteiger partial charge in [0.25, 0.3) is 0 Å². The first-order chi connectivity index (χ1) is 10.1. The van der Waals surface area contributed by atoms with E-state index in [1.165, 1.54) is 11.1 Å². The van der Waals surface area contributed by atoms with Gasteiger partial charge < -0.3 is 9.84 Å². The van der Waals surface area contributed by atoms with Gasteiger partial charge in [0, 0.05) is 0 Å². The standard InChI is InChI=1S/C19H22O2/c1-12-8-16(9-13(2)19(12)21-3)18(20)17-10-14-6-4-5-7-15(14)11-17/h4-9,17-18,20H,10-11H2,1-3H3. The Hall–Kier alpha value is -1.80. The van der Waals surface area contributed by atoms with Crippen LogP contribution < -0.4 is 4.74 Å². The first-order valence-corrected chi connectivity index (χ1v) is 7.50. The quantitative estimate of drug-likeness (QED) is 0.928. The molecule has 21 heavy (non-hydrogen) atoms.